The molecular weight excluding hydrogens is 362 g/mol. The molecule has 0 bridgehead atoms. The first-order chi connectivity index (χ1) is 13.4. The molecule has 0 spiro atoms. The predicted molar refractivity (Wildman–Crippen MR) is 103 cm³/mol. The maximum absolute atomic E-state index is 12.7. The van der Waals surface area contributed by atoms with Gasteiger partial charge in [0.25, 0.3) is 11.6 Å². The normalized spacial score (nSPS) is 14.1. The molecule has 2 aromatic carbocycles. The van der Waals surface area contributed by atoms with Crippen LogP contribution in [0.15, 0.2) is 48.5 Å². The van der Waals surface area contributed by atoms with E-state index in [9.17, 15) is 19.7 Å². The molecule has 1 amide bonds. The average molecular weight is 383 g/mol. The SMILES string of the molecule is CN(C)c1ccc(C(=O)O[C@@H](C(=O)NC2CC2)c2ccccc2)cc1[N+](=O)[O-]. The monoisotopic (exact) mass is 383 g/mol. The second-order valence-electron chi connectivity index (χ2n) is 6.83. The molecule has 0 radical (unpaired) electrons. The highest BCUT2D eigenvalue weighted by Gasteiger charge is 2.31. The lowest BCUT2D eigenvalue weighted by atomic mass is 10.1. The molecule has 8 heteroatoms. The number of nitro benzene ring substituents is 1. The zero-order chi connectivity index (χ0) is 20.3. The van der Waals surface area contributed by atoms with Crippen LogP contribution in [-0.4, -0.2) is 36.9 Å². The minimum atomic E-state index is -1.12. The first-order valence-corrected chi connectivity index (χ1v) is 8.89. The highest BCUT2D eigenvalue weighted by Crippen LogP contribution is 2.29. The summed E-state index contributed by atoms with van der Waals surface area (Å²) in [6.07, 6.45) is 0.681. The van der Waals surface area contributed by atoms with Crippen LogP contribution in [0.2, 0.25) is 0 Å². The van der Waals surface area contributed by atoms with Crippen LogP contribution in [0.5, 0.6) is 0 Å². The van der Waals surface area contributed by atoms with Crippen molar-refractivity contribution in [3.63, 3.8) is 0 Å². The number of nitrogens with zero attached hydrogens (tertiary/aromatic N) is 2. The molecular formula is C20H21N3O5. The van der Waals surface area contributed by atoms with Crippen molar-refractivity contribution in [3.8, 4) is 0 Å². The Kier molecular flexibility index (Phi) is 5.58. The topological polar surface area (TPSA) is 102 Å². The van der Waals surface area contributed by atoms with Crippen LogP contribution >= 0.6 is 0 Å². The van der Waals surface area contributed by atoms with Gasteiger partial charge < -0.3 is 15.0 Å². The van der Waals surface area contributed by atoms with E-state index in [0.29, 0.717) is 11.3 Å². The molecule has 2 aromatic rings. The molecule has 0 unspecified atom stereocenters. The minimum Gasteiger partial charge on any atom is -0.444 e. The first kappa shape index (κ1) is 19.3. The highest BCUT2D eigenvalue weighted by atomic mass is 16.6. The Balaban J connectivity index is 1.86. The van der Waals surface area contributed by atoms with Crippen LogP contribution in [0, 0.1) is 10.1 Å². The Morgan fingerprint density at radius 2 is 1.86 bits per heavy atom. The maximum atomic E-state index is 12.7. The molecule has 1 aliphatic carbocycles. The summed E-state index contributed by atoms with van der Waals surface area (Å²) in [4.78, 5) is 37.6. The van der Waals surface area contributed by atoms with Gasteiger partial charge in [-0.25, -0.2) is 4.79 Å². The molecule has 0 aliphatic heterocycles. The highest BCUT2D eigenvalue weighted by molar-refractivity contribution is 5.94. The molecule has 1 atom stereocenters. The zero-order valence-electron chi connectivity index (χ0n) is 15.6. The molecule has 8 nitrogen and oxygen atoms in total. The van der Waals surface area contributed by atoms with Crippen LogP contribution in [0.1, 0.15) is 34.9 Å². The number of hydrogen-bond acceptors (Lipinski definition) is 6. The minimum absolute atomic E-state index is 0.0115. The largest absolute Gasteiger partial charge is 0.444 e. The number of anilines is 1. The van der Waals surface area contributed by atoms with Crippen molar-refractivity contribution in [2.24, 2.45) is 0 Å². The van der Waals surface area contributed by atoms with Gasteiger partial charge in [-0.3, -0.25) is 14.9 Å². The summed E-state index contributed by atoms with van der Waals surface area (Å²) in [5.41, 5.74) is 0.705. The number of esters is 1. The molecule has 0 heterocycles. The number of carbonyl (C=O) groups is 2. The van der Waals surface area contributed by atoms with Gasteiger partial charge in [-0.2, -0.15) is 0 Å². The van der Waals surface area contributed by atoms with Crippen molar-refractivity contribution in [2.45, 2.75) is 25.0 Å². The smallest absolute Gasteiger partial charge is 0.339 e. The van der Waals surface area contributed by atoms with Gasteiger partial charge in [-0.1, -0.05) is 30.3 Å². The van der Waals surface area contributed by atoms with E-state index >= 15 is 0 Å². The van der Waals surface area contributed by atoms with Gasteiger partial charge in [0, 0.05) is 31.8 Å². The van der Waals surface area contributed by atoms with Gasteiger partial charge in [0.05, 0.1) is 10.5 Å². The summed E-state index contributed by atoms with van der Waals surface area (Å²) < 4.78 is 5.46. The quantitative estimate of drug-likeness (QED) is 0.448. The van der Waals surface area contributed by atoms with Crippen molar-refractivity contribution in [2.75, 3.05) is 19.0 Å². The van der Waals surface area contributed by atoms with E-state index in [1.165, 1.54) is 18.2 Å². The van der Waals surface area contributed by atoms with Crippen molar-refractivity contribution in [1.82, 2.24) is 5.32 Å². The number of nitrogens with one attached hydrogen (secondary N) is 1. The fourth-order valence-corrected chi connectivity index (χ4v) is 2.76. The van der Waals surface area contributed by atoms with Crippen molar-refractivity contribution < 1.29 is 19.2 Å². The van der Waals surface area contributed by atoms with Crippen molar-refractivity contribution in [1.29, 1.82) is 0 Å². The number of benzene rings is 2. The lowest BCUT2D eigenvalue weighted by molar-refractivity contribution is -0.384. The number of rotatable bonds is 7. The lowest BCUT2D eigenvalue weighted by Crippen LogP contribution is -2.33. The summed E-state index contributed by atoms with van der Waals surface area (Å²) in [5, 5.41) is 14.2. The van der Waals surface area contributed by atoms with Gasteiger partial charge in [-0.05, 0) is 25.0 Å². The third-order valence-corrected chi connectivity index (χ3v) is 4.38. The van der Waals surface area contributed by atoms with Crippen LogP contribution in [0.3, 0.4) is 0 Å². The molecule has 3 rings (SSSR count). The van der Waals surface area contributed by atoms with Gasteiger partial charge in [0.1, 0.15) is 5.69 Å². The van der Waals surface area contributed by atoms with E-state index in [4.69, 9.17) is 4.74 Å². The summed E-state index contributed by atoms with van der Waals surface area (Å²) in [6.45, 7) is 0. The summed E-state index contributed by atoms with van der Waals surface area (Å²) in [7, 11) is 3.35. The molecule has 1 aliphatic rings. The van der Waals surface area contributed by atoms with E-state index in [2.05, 4.69) is 5.32 Å². The third kappa shape index (κ3) is 4.46. The molecule has 146 valence electrons. The number of nitro groups is 1. The van der Waals surface area contributed by atoms with Crippen LogP contribution < -0.4 is 10.2 Å². The van der Waals surface area contributed by atoms with Crippen molar-refractivity contribution in [3.05, 3.63) is 69.8 Å². The number of hydrogen-bond donors (Lipinski definition) is 1. The molecule has 0 aromatic heterocycles. The number of ether oxygens (including phenoxy) is 1. The van der Waals surface area contributed by atoms with E-state index in [1.807, 2.05) is 0 Å². The molecule has 28 heavy (non-hydrogen) atoms. The van der Waals surface area contributed by atoms with Crippen LogP contribution in [0.25, 0.3) is 0 Å². The van der Waals surface area contributed by atoms with Gasteiger partial charge in [0.15, 0.2) is 0 Å². The second kappa shape index (κ2) is 8.08. The Hall–Kier alpha value is -3.42. The fourth-order valence-electron chi connectivity index (χ4n) is 2.76. The Bertz CT molecular complexity index is 894. The number of carbonyl (C=O) groups excluding carboxylic acids is 2. The molecule has 0 saturated heterocycles. The fraction of sp³-hybridized carbons (Fsp3) is 0.300. The predicted octanol–water partition coefficient (Wildman–Crippen LogP) is 2.84. The van der Waals surface area contributed by atoms with Crippen LogP contribution in [0.4, 0.5) is 11.4 Å². The van der Waals surface area contributed by atoms with E-state index < -0.39 is 22.9 Å². The van der Waals surface area contributed by atoms with Gasteiger partial charge in [-0.15, -0.1) is 0 Å². The molecule has 1 N–H and O–H groups in total. The number of amides is 1. The zero-order valence-corrected chi connectivity index (χ0v) is 15.6. The van der Waals surface area contributed by atoms with Gasteiger partial charge >= 0.3 is 5.97 Å². The van der Waals surface area contributed by atoms with Crippen molar-refractivity contribution >= 4 is 23.3 Å². The summed E-state index contributed by atoms with van der Waals surface area (Å²) >= 11 is 0. The third-order valence-electron chi connectivity index (χ3n) is 4.38. The standard InChI is InChI=1S/C20H21N3O5/c1-22(2)16-11-8-14(12-17(16)23(26)27)20(25)28-18(13-6-4-3-5-7-13)19(24)21-15-9-10-15/h3-8,11-12,15,18H,9-10H2,1-2H3,(H,21,24)/t18-/m1/s1. The second-order valence-corrected chi connectivity index (χ2v) is 6.83. The van der Waals surface area contributed by atoms with Gasteiger partial charge in [0.2, 0.25) is 6.10 Å². The Labute approximate surface area is 162 Å². The van der Waals surface area contributed by atoms with E-state index in [-0.39, 0.29) is 17.3 Å². The summed E-state index contributed by atoms with van der Waals surface area (Å²) in [5.74, 6) is -1.20. The van der Waals surface area contributed by atoms with E-state index in [1.54, 1.807) is 49.3 Å². The Morgan fingerprint density at radius 3 is 2.43 bits per heavy atom. The maximum Gasteiger partial charge on any atom is 0.339 e. The lowest BCUT2D eigenvalue weighted by Gasteiger charge is -2.18. The first-order valence-electron chi connectivity index (χ1n) is 8.89. The molecule has 1 saturated carbocycles. The van der Waals surface area contributed by atoms with E-state index in [0.717, 1.165) is 12.8 Å². The molecule has 1 fully saturated rings. The summed E-state index contributed by atoms with van der Waals surface area (Å²) in [6, 6.07) is 12.9. The Morgan fingerprint density at radius 1 is 1.18 bits per heavy atom. The average Bonchev–Trinajstić information content (AvgIpc) is 3.49. The van der Waals surface area contributed by atoms with Crippen LogP contribution in [-0.2, 0) is 9.53 Å².